The highest BCUT2D eigenvalue weighted by Crippen LogP contribution is 2.42. The van der Waals surface area contributed by atoms with Gasteiger partial charge in [0, 0.05) is 11.1 Å². The van der Waals surface area contributed by atoms with Gasteiger partial charge in [-0.2, -0.15) is 0 Å². The van der Waals surface area contributed by atoms with Gasteiger partial charge < -0.3 is 9.47 Å². The second-order valence-electron chi connectivity index (χ2n) is 6.70. The van der Waals surface area contributed by atoms with Crippen molar-refractivity contribution in [3.05, 3.63) is 70.7 Å². The molecule has 0 amide bonds. The van der Waals surface area contributed by atoms with Gasteiger partial charge in [0.2, 0.25) is 0 Å². The molecule has 0 unspecified atom stereocenters. The van der Waals surface area contributed by atoms with Crippen LogP contribution in [0.2, 0.25) is 10.0 Å². The lowest BCUT2D eigenvalue weighted by Gasteiger charge is -2.08. The molecule has 0 radical (unpaired) electrons. The normalized spacial score (nSPS) is 11.3. The van der Waals surface area contributed by atoms with Crippen molar-refractivity contribution >= 4 is 49.7 Å². The van der Waals surface area contributed by atoms with E-state index in [1.165, 1.54) is 11.3 Å². The van der Waals surface area contributed by atoms with Gasteiger partial charge >= 0.3 is 0 Å². The molecule has 0 saturated heterocycles. The summed E-state index contributed by atoms with van der Waals surface area (Å²) in [5, 5.41) is 1.09. The van der Waals surface area contributed by atoms with E-state index in [4.69, 9.17) is 37.7 Å². The van der Waals surface area contributed by atoms with Gasteiger partial charge in [-0.25, -0.2) is 4.98 Å². The molecule has 5 rings (SSSR count). The summed E-state index contributed by atoms with van der Waals surface area (Å²) >= 11 is 14.3. The van der Waals surface area contributed by atoms with Crippen LogP contribution in [0.25, 0.3) is 37.7 Å². The first-order chi connectivity index (χ1) is 14.6. The summed E-state index contributed by atoms with van der Waals surface area (Å²) in [7, 11) is 3.32. The van der Waals surface area contributed by atoms with E-state index in [1.807, 2.05) is 60.7 Å². The van der Waals surface area contributed by atoms with E-state index in [-0.39, 0.29) is 0 Å². The molecule has 2 aromatic heterocycles. The third-order valence-electron chi connectivity index (χ3n) is 5.04. The molecule has 0 fully saturated rings. The lowest BCUT2D eigenvalue weighted by Crippen LogP contribution is -1.90. The third-order valence-corrected chi connectivity index (χ3v) is 7.03. The first-order valence-electron chi connectivity index (χ1n) is 9.18. The first kappa shape index (κ1) is 19.2. The molecule has 0 aliphatic rings. The Bertz CT molecular complexity index is 1370. The average molecular weight is 455 g/mol. The Kier molecular flexibility index (Phi) is 4.82. The van der Waals surface area contributed by atoms with Crippen LogP contribution in [0.1, 0.15) is 0 Å². The van der Waals surface area contributed by atoms with Gasteiger partial charge in [0.1, 0.15) is 11.5 Å². The molecular formula is C23H16Cl2N2O2S. The molecule has 0 N–H and O–H groups in total. The fraction of sp³-hybridized carbons (Fsp3) is 0.0870. The fourth-order valence-corrected chi connectivity index (χ4v) is 5.10. The number of hydrogen-bond donors (Lipinski definition) is 0. The van der Waals surface area contributed by atoms with Crippen molar-refractivity contribution in [3.8, 4) is 34.0 Å². The Morgan fingerprint density at radius 3 is 2.00 bits per heavy atom. The van der Waals surface area contributed by atoms with Crippen LogP contribution in [0.15, 0.2) is 60.7 Å². The summed E-state index contributed by atoms with van der Waals surface area (Å²) in [6.45, 7) is 0. The molecule has 0 atom stereocenters. The predicted octanol–water partition coefficient (Wildman–Crippen LogP) is 7.21. The fourth-order valence-electron chi connectivity index (χ4n) is 3.54. The van der Waals surface area contributed by atoms with Crippen LogP contribution in [-0.2, 0) is 0 Å². The molecule has 30 heavy (non-hydrogen) atoms. The van der Waals surface area contributed by atoms with Crippen molar-refractivity contribution in [2.45, 2.75) is 0 Å². The second kappa shape index (κ2) is 7.51. The van der Waals surface area contributed by atoms with Crippen LogP contribution in [0.4, 0.5) is 0 Å². The minimum Gasteiger partial charge on any atom is -0.497 e. The van der Waals surface area contributed by atoms with E-state index in [0.29, 0.717) is 10.0 Å². The Morgan fingerprint density at radius 2 is 1.40 bits per heavy atom. The maximum Gasteiger partial charge on any atom is 0.195 e. The zero-order valence-corrected chi connectivity index (χ0v) is 18.5. The van der Waals surface area contributed by atoms with E-state index in [0.717, 1.165) is 49.2 Å². The highest BCUT2D eigenvalue weighted by atomic mass is 35.5. The highest BCUT2D eigenvalue weighted by molar-refractivity contribution is 7.24. The molecule has 3 aromatic carbocycles. The number of thiazole rings is 1. The monoisotopic (exact) mass is 454 g/mol. The minimum atomic E-state index is 0.537. The summed E-state index contributed by atoms with van der Waals surface area (Å²) in [6, 6.07) is 19.7. The lowest BCUT2D eigenvalue weighted by molar-refractivity contribution is 0.414. The third kappa shape index (κ3) is 3.01. The minimum absolute atomic E-state index is 0.537. The Labute approximate surface area is 187 Å². The second-order valence-corrected chi connectivity index (χ2v) is 8.46. The maximum atomic E-state index is 6.49. The number of fused-ring (bicyclic) bond motifs is 3. The Morgan fingerprint density at radius 1 is 0.800 bits per heavy atom. The summed E-state index contributed by atoms with van der Waals surface area (Å²) in [4.78, 5) is 5.83. The summed E-state index contributed by atoms with van der Waals surface area (Å²) in [6.07, 6.45) is 0. The quantitative estimate of drug-likeness (QED) is 0.287. The number of nitrogens with zero attached hydrogens (tertiary/aromatic N) is 2. The van der Waals surface area contributed by atoms with E-state index in [1.54, 1.807) is 14.2 Å². The Balaban J connectivity index is 1.83. The van der Waals surface area contributed by atoms with Crippen LogP contribution in [0.5, 0.6) is 11.5 Å². The molecule has 0 spiro atoms. The molecule has 0 bridgehead atoms. The summed E-state index contributed by atoms with van der Waals surface area (Å²) in [5.74, 6) is 1.60. The zero-order valence-electron chi connectivity index (χ0n) is 16.1. The van der Waals surface area contributed by atoms with Crippen molar-refractivity contribution in [1.29, 1.82) is 0 Å². The first-order valence-corrected chi connectivity index (χ1v) is 10.8. The van der Waals surface area contributed by atoms with Crippen molar-refractivity contribution in [2.75, 3.05) is 14.2 Å². The molecule has 4 nitrogen and oxygen atoms in total. The zero-order chi connectivity index (χ0) is 20.8. The van der Waals surface area contributed by atoms with E-state index >= 15 is 0 Å². The van der Waals surface area contributed by atoms with Crippen LogP contribution in [-0.4, -0.2) is 23.6 Å². The largest absolute Gasteiger partial charge is 0.497 e. The van der Waals surface area contributed by atoms with Crippen LogP contribution >= 0.6 is 34.5 Å². The van der Waals surface area contributed by atoms with Gasteiger partial charge in [0.15, 0.2) is 4.96 Å². The summed E-state index contributed by atoms with van der Waals surface area (Å²) < 4.78 is 13.7. The average Bonchev–Trinajstić information content (AvgIpc) is 3.33. The molecular weight excluding hydrogens is 439 g/mol. The number of methoxy groups -OCH3 is 2. The highest BCUT2D eigenvalue weighted by Gasteiger charge is 2.21. The Hall–Kier alpha value is -2.73. The number of benzene rings is 3. The SMILES string of the molecule is COc1ccc(-c2nc3sc4c(Cl)c(Cl)ccc4n3c2-c2ccc(OC)cc2)cc1. The lowest BCUT2D eigenvalue weighted by atomic mass is 10.0. The molecule has 0 aliphatic heterocycles. The van der Waals surface area contributed by atoms with Crippen molar-refractivity contribution < 1.29 is 9.47 Å². The standard InChI is InChI=1S/C23H16Cl2N2O2S/c1-28-15-7-3-13(4-8-15)20-21(14-5-9-16(29-2)10-6-14)27-18-12-11-17(24)19(25)22(18)30-23(27)26-20/h3-12H,1-2H3. The van der Waals surface area contributed by atoms with Crippen LogP contribution in [0, 0.1) is 0 Å². The van der Waals surface area contributed by atoms with Gasteiger partial charge in [-0.1, -0.05) is 34.5 Å². The molecule has 150 valence electrons. The smallest absolute Gasteiger partial charge is 0.195 e. The van der Waals surface area contributed by atoms with Crippen molar-refractivity contribution in [1.82, 2.24) is 9.38 Å². The van der Waals surface area contributed by atoms with Crippen LogP contribution < -0.4 is 9.47 Å². The van der Waals surface area contributed by atoms with E-state index < -0.39 is 0 Å². The predicted molar refractivity (Wildman–Crippen MR) is 125 cm³/mol. The van der Waals surface area contributed by atoms with Crippen LogP contribution in [0.3, 0.4) is 0 Å². The molecule has 2 heterocycles. The van der Waals surface area contributed by atoms with Gasteiger partial charge in [0.25, 0.3) is 0 Å². The van der Waals surface area contributed by atoms with Gasteiger partial charge in [-0.05, 0) is 60.7 Å². The van der Waals surface area contributed by atoms with E-state index in [9.17, 15) is 0 Å². The number of imidazole rings is 1. The molecule has 0 aliphatic carbocycles. The number of rotatable bonds is 4. The van der Waals surface area contributed by atoms with Gasteiger partial charge in [-0.3, -0.25) is 4.40 Å². The van der Waals surface area contributed by atoms with Gasteiger partial charge in [0.05, 0.1) is 45.9 Å². The number of halogens is 2. The summed E-state index contributed by atoms with van der Waals surface area (Å²) in [5.41, 5.74) is 4.89. The molecule has 5 aromatic rings. The molecule has 7 heteroatoms. The van der Waals surface area contributed by atoms with Crippen molar-refractivity contribution in [3.63, 3.8) is 0 Å². The van der Waals surface area contributed by atoms with Gasteiger partial charge in [-0.15, -0.1) is 0 Å². The van der Waals surface area contributed by atoms with Crippen molar-refractivity contribution in [2.24, 2.45) is 0 Å². The topological polar surface area (TPSA) is 35.8 Å². The van der Waals surface area contributed by atoms with E-state index in [2.05, 4.69) is 4.40 Å². The molecule has 0 saturated carbocycles. The number of aromatic nitrogens is 2. The maximum absolute atomic E-state index is 6.49. The number of ether oxygens (including phenoxy) is 2. The number of hydrogen-bond acceptors (Lipinski definition) is 4.